The van der Waals surface area contributed by atoms with Crippen molar-refractivity contribution in [3.8, 4) is 0 Å². The maximum atomic E-state index is 12.3. The zero-order valence-corrected chi connectivity index (χ0v) is 12.5. The highest BCUT2D eigenvalue weighted by atomic mass is 35.5. The molecule has 1 aliphatic rings. The van der Waals surface area contributed by atoms with Gasteiger partial charge in [0.2, 0.25) is 0 Å². The Hall–Kier alpha value is -0.580. The first kappa shape index (κ1) is 13.8. The molecule has 0 aromatic heterocycles. The average molecular weight is 288 g/mol. The fraction of sp³-hybridized carbons (Fsp3) is 0.538. The number of benzene rings is 1. The quantitative estimate of drug-likeness (QED) is 0.797. The summed E-state index contributed by atoms with van der Waals surface area (Å²) in [6.07, 6.45) is 0. The lowest BCUT2D eigenvalue weighted by molar-refractivity contribution is 0.227. The first-order chi connectivity index (χ1) is 8.31. The summed E-state index contributed by atoms with van der Waals surface area (Å²) in [6.45, 7) is 7.30. The van der Waals surface area contributed by atoms with Gasteiger partial charge in [0.1, 0.15) is 0 Å². The van der Waals surface area contributed by atoms with Crippen LogP contribution in [0.4, 0.5) is 0 Å². The third-order valence-corrected chi connectivity index (χ3v) is 5.56. The fourth-order valence-electron chi connectivity index (χ4n) is 2.34. The Morgan fingerprint density at radius 3 is 2.61 bits per heavy atom. The van der Waals surface area contributed by atoms with Crippen LogP contribution in [0.3, 0.4) is 0 Å². The highest BCUT2D eigenvalue weighted by Gasteiger charge is 2.28. The predicted octanol–water partition coefficient (Wildman–Crippen LogP) is 2.65. The number of rotatable bonds is 1. The molecule has 3 nitrogen and oxygen atoms in total. The molecular weight excluding hydrogens is 270 g/mol. The van der Waals surface area contributed by atoms with E-state index in [1.165, 1.54) is 0 Å². The lowest BCUT2D eigenvalue weighted by Gasteiger charge is -2.24. The van der Waals surface area contributed by atoms with Crippen molar-refractivity contribution >= 4 is 21.4 Å². The van der Waals surface area contributed by atoms with Crippen LogP contribution in [0.1, 0.15) is 25.0 Å². The second kappa shape index (κ2) is 4.83. The molecule has 1 aliphatic heterocycles. The number of hydrogen-bond acceptors (Lipinski definition) is 3. The van der Waals surface area contributed by atoms with Crippen molar-refractivity contribution in [2.75, 3.05) is 12.3 Å². The van der Waals surface area contributed by atoms with Gasteiger partial charge in [0, 0.05) is 19.1 Å². The third-order valence-electron chi connectivity index (χ3n) is 3.33. The van der Waals surface area contributed by atoms with Gasteiger partial charge in [-0.3, -0.25) is 4.90 Å². The predicted molar refractivity (Wildman–Crippen MR) is 73.8 cm³/mol. The van der Waals surface area contributed by atoms with Gasteiger partial charge in [-0.1, -0.05) is 17.7 Å². The van der Waals surface area contributed by atoms with Crippen molar-refractivity contribution in [3.63, 3.8) is 0 Å². The van der Waals surface area contributed by atoms with Gasteiger partial charge < -0.3 is 0 Å². The Kier molecular flexibility index (Phi) is 3.72. The van der Waals surface area contributed by atoms with E-state index in [1.807, 2.05) is 13.0 Å². The van der Waals surface area contributed by atoms with Crippen LogP contribution < -0.4 is 0 Å². The topological polar surface area (TPSA) is 37.4 Å². The summed E-state index contributed by atoms with van der Waals surface area (Å²) in [5.74, 6) is 0.140. The number of halogens is 1. The van der Waals surface area contributed by atoms with Crippen LogP contribution in [-0.4, -0.2) is 31.7 Å². The molecule has 0 spiro atoms. The Morgan fingerprint density at radius 1 is 1.33 bits per heavy atom. The van der Waals surface area contributed by atoms with E-state index in [-0.39, 0.29) is 5.75 Å². The summed E-state index contributed by atoms with van der Waals surface area (Å²) in [6, 6.07) is 3.98. The van der Waals surface area contributed by atoms with E-state index in [0.717, 1.165) is 11.1 Å². The molecule has 0 N–H and O–H groups in total. The number of hydrogen-bond donors (Lipinski definition) is 0. The number of fused-ring (bicyclic) bond motifs is 1. The highest BCUT2D eigenvalue weighted by molar-refractivity contribution is 7.91. The second-order valence-electron chi connectivity index (χ2n) is 5.12. The summed E-state index contributed by atoms with van der Waals surface area (Å²) < 4.78 is 24.6. The lowest BCUT2D eigenvalue weighted by atomic mass is 10.1. The first-order valence-corrected chi connectivity index (χ1v) is 8.10. The van der Waals surface area contributed by atoms with E-state index >= 15 is 0 Å². The molecule has 1 heterocycles. The SMILES string of the molecule is Cc1cc(Cl)c2c(c1)CN(C(C)C)CCS2(=O)=O. The molecule has 0 aliphatic carbocycles. The number of aryl methyl sites for hydroxylation is 1. The molecule has 0 saturated heterocycles. The van der Waals surface area contributed by atoms with Crippen LogP contribution in [0.2, 0.25) is 5.02 Å². The third kappa shape index (κ3) is 2.56. The normalized spacial score (nSPS) is 19.6. The van der Waals surface area contributed by atoms with Crippen LogP contribution in [0.25, 0.3) is 0 Å². The zero-order valence-electron chi connectivity index (χ0n) is 10.9. The van der Waals surface area contributed by atoms with E-state index in [2.05, 4.69) is 18.7 Å². The van der Waals surface area contributed by atoms with Crippen LogP contribution in [-0.2, 0) is 16.4 Å². The van der Waals surface area contributed by atoms with Crippen molar-refractivity contribution in [2.24, 2.45) is 0 Å². The standard InChI is InChI=1S/C13H18ClNO2S/c1-9(2)15-4-5-18(16,17)13-11(8-15)6-10(3)7-12(13)14/h6-7,9H,4-5,8H2,1-3H3. The second-order valence-corrected chi connectivity index (χ2v) is 7.57. The monoisotopic (exact) mass is 287 g/mol. The minimum Gasteiger partial charge on any atom is -0.296 e. The summed E-state index contributed by atoms with van der Waals surface area (Å²) in [5, 5.41) is 0.357. The summed E-state index contributed by atoms with van der Waals surface area (Å²) in [7, 11) is -3.27. The molecule has 0 fully saturated rings. The molecular formula is C13H18ClNO2S. The van der Waals surface area contributed by atoms with Crippen LogP contribution in [0.5, 0.6) is 0 Å². The van der Waals surface area contributed by atoms with Gasteiger partial charge in [0.25, 0.3) is 0 Å². The van der Waals surface area contributed by atoms with Crippen molar-refractivity contribution < 1.29 is 8.42 Å². The van der Waals surface area contributed by atoms with Crippen LogP contribution in [0, 0.1) is 6.92 Å². The molecule has 18 heavy (non-hydrogen) atoms. The van der Waals surface area contributed by atoms with Gasteiger partial charge in [-0.05, 0) is 38.0 Å². The minimum atomic E-state index is -3.27. The van der Waals surface area contributed by atoms with Crippen LogP contribution >= 0.6 is 11.6 Å². The fourth-order valence-corrected chi connectivity index (χ4v) is 4.55. The minimum absolute atomic E-state index is 0.140. The molecule has 0 saturated carbocycles. The molecule has 0 atom stereocenters. The molecule has 0 bridgehead atoms. The Morgan fingerprint density at radius 2 is 2.00 bits per heavy atom. The van der Waals surface area contributed by atoms with Gasteiger partial charge in [-0.2, -0.15) is 0 Å². The van der Waals surface area contributed by atoms with Crippen molar-refractivity contribution in [1.82, 2.24) is 4.90 Å². The van der Waals surface area contributed by atoms with Crippen molar-refractivity contribution in [3.05, 3.63) is 28.3 Å². The van der Waals surface area contributed by atoms with Crippen molar-refractivity contribution in [1.29, 1.82) is 0 Å². The van der Waals surface area contributed by atoms with Crippen molar-refractivity contribution in [2.45, 2.75) is 38.3 Å². The molecule has 1 aromatic carbocycles. The highest BCUT2D eigenvalue weighted by Crippen LogP contribution is 2.31. The lowest BCUT2D eigenvalue weighted by Crippen LogP contribution is -2.32. The molecule has 5 heteroatoms. The van der Waals surface area contributed by atoms with Gasteiger partial charge >= 0.3 is 0 Å². The molecule has 0 unspecified atom stereocenters. The first-order valence-electron chi connectivity index (χ1n) is 6.07. The van der Waals surface area contributed by atoms with Gasteiger partial charge in [-0.25, -0.2) is 8.42 Å². The smallest absolute Gasteiger partial charge is 0.181 e. The van der Waals surface area contributed by atoms with Crippen LogP contribution in [0.15, 0.2) is 17.0 Å². The number of sulfone groups is 1. The Labute approximate surface area is 114 Å². The summed E-state index contributed by atoms with van der Waals surface area (Å²) in [4.78, 5) is 2.50. The molecule has 1 aromatic rings. The zero-order chi connectivity index (χ0) is 13.5. The maximum absolute atomic E-state index is 12.3. The molecule has 0 amide bonds. The Bertz CT molecular complexity index is 567. The maximum Gasteiger partial charge on any atom is 0.181 e. The largest absolute Gasteiger partial charge is 0.296 e. The van der Waals surface area contributed by atoms with Gasteiger partial charge in [0.05, 0.1) is 15.7 Å². The van der Waals surface area contributed by atoms with E-state index in [0.29, 0.717) is 29.0 Å². The van der Waals surface area contributed by atoms with Gasteiger partial charge in [-0.15, -0.1) is 0 Å². The summed E-state index contributed by atoms with van der Waals surface area (Å²) in [5.41, 5.74) is 1.82. The number of nitrogens with zero attached hydrogens (tertiary/aromatic N) is 1. The molecule has 0 radical (unpaired) electrons. The van der Waals surface area contributed by atoms with E-state index in [9.17, 15) is 8.42 Å². The van der Waals surface area contributed by atoms with E-state index < -0.39 is 9.84 Å². The summed E-state index contributed by atoms with van der Waals surface area (Å²) >= 11 is 6.13. The van der Waals surface area contributed by atoms with E-state index in [4.69, 9.17) is 11.6 Å². The molecule has 2 rings (SSSR count). The Balaban J connectivity index is 2.60. The van der Waals surface area contributed by atoms with Gasteiger partial charge in [0.15, 0.2) is 9.84 Å². The van der Waals surface area contributed by atoms with E-state index in [1.54, 1.807) is 6.07 Å². The average Bonchev–Trinajstić information content (AvgIpc) is 2.34. The molecule has 100 valence electrons.